The Morgan fingerprint density at radius 2 is 1.55 bits per heavy atom. The molecule has 1 rings (SSSR count). The van der Waals surface area contributed by atoms with Gasteiger partial charge in [-0.25, -0.2) is 23.2 Å². The highest BCUT2D eigenvalue weighted by molar-refractivity contribution is 5.81. The predicted molar refractivity (Wildman–Crippen MR) is 72.8 cm³/mol. The summed E-state index contributed by atoms with van der Waals surface area (Å²) in [5, 5.41) is 0. The minimum atomic E-state index is -4.94. The number of nitrogens with zero attached hydrogens (tertiary/aromatic N) is 2. The molecule has 0 saturated carbocycles. The standard InChI is InChI=1S/C14H21N2O.ClHO4/c1-15(2)11-10-14(16(3)4)12-6-8-13(17-5)9-7-12;2-1(3,4)5/h6-11H,1-5H3;(H,2,3,4,5)/q+1;/p-1. The maximum absolute atomic E-state index is 8.49. The molecule has 0 unspecified atom stereocenters. The highest BCUT2D eigenvalue weighted by Gasteiger charge is 2.04. The third-order valence-electron chi connectivity index (χ3n) is 2.40. The molecule has 0 saturated heterocycles. The first kappa shape index (κ1) is 20.4. The fraction of sp³-hybridized carbons (Fsp3) is 0.357. The highest BCUT2D eigenvalue weighted by Crippen LogP contribution is 2.19. The normalized spacial score (nSPS) is 11.2. The van der Waals surface area contributed by atoms with E-state index in [1.165, 1.54) is 11.3 Å². The Bertz CT molecular complexity index is 497. The van der Waals surface area contributed by atoms with Crippen LogP contribution in [0.25, 0.3) is 5.70 Å². The Kier molecular flexibility index (Phi) is 8.69. The number of rotatable bonds is 4. The predicted octanol–water partition coefficient (Wildman–Crippen LogP) is -2.82. The van der Waals surface area contributed by atoms with Gasteiger partial charge in [0.15, 0.2) is 6.21 Å². The van der Waals surface area contributed by atoms with Crippen molar-refractivity contribution in [2.24, 2.45) is 0 Å². The second-order valence-electron chi connectivity index (χ2n) is 4.67. The first-order chi connectivity index (χ1) is 10.0. The average Bonchev–Trinajstić information content (AvgIpc) is 2.37. The van der Waals surface area contributed by atoms with E-state index >= 15 is 0 Å². The van der Waals surface area contributed by atoms with Crippen molar-refractivity contribution in [1.82, 2.24) is 4.90 Å². The number of methoxy groups -OCH3 is 1. The van der Waals surface area contributed by atoms with E-state index in [1.54, 1.807) is 7.11 Å². The molecule has 0 aliphatic carbocycles. The lowest BCUT2D eigenvalue weighted by Gasteiger charge is -2.17. The molecule has 0 heterocycles. The molecule has 0 fully saturated rings. The van der Waals surface area contributed by atoms with E-state index in [1.807, 2.05) is 51.1 Å². The van der Waals surface area contributed by atoms with Crippen molar-refractivity contribution in [2.45, 2.75) is 0 Å². The van der Waals surface area contributed by atoms with Gasteiger partial charge in [-0.1, -0.05) is 0 Å². The second-order valence-corrected chi connectivity index (χ2v) is 5.42. The Hall–Kier alpha value is -1.64. The van der Waals surface area contributed by atoms with Gasteiger partial charge in [0.25, 0.3) is 0 Å². The van der Waals surface area contributed by atoms with E-state index < -0.39 is 10.2 Å². The van der Waals surface area contributed by atoms with Crippen LogP contribution in [0.2, 0.25) is 0 Å². The van der Waals surface area contributed by atoms with Gasteiger partial charge in [-0.2, -0.15) is 0 Å². The van der Waals surface area contributed by atoms with Gasteiger partial charge >= 0.3 is 0 Å². The fourth-order valence-corrected chi connectivity index (χ4v) is 1.48. The SMILES string of the molecule is COc1ccc(/C(=C\C=[N+](C)C)N(C)C)cc1.[O-][Cl+3]([O-])([O-])[O-]. The summed E-state index contributed by atoms with van der Waals surface area (Å²) in [6.45, 7) is 0. The summed E-state index contributed by atoms with van der Waals surface area (Å²) in [5.41, 5.74) is 2.34. The summed E-state index contributed by atoms with van der Waals surface area (Å²) in [7, 11) is 4.84. The van der Waals surface area contributed by atoms with E-state index in [2.05, 4.69) is 23.1 Å². The number of allylic oxidation sites excluding steroid dienone is 1. The molecule has 0 N–H and O–H groups in total. The summed E-state index contributed by atoms with van der Waals surface area (Å²) >= 11 is 0. The first-order valence-corrected chi connectivity index (χ1v) is 7.43. The highest BCUT2D eigenvalue weighted by atomic mass is 35.7. The molecule has 1 aromatic rings. The van der Waals surface area contributed by atoms with Crippen LogP contribution >= 0.6 is 0 Å². The van der Waals surface area contributed by atoms with Crippen molar-refractivity contribution < 1.29 is 38.2 Å². The molecule has 0 bridgehead atoms. The molecular formula is C14H21ClN2O5. The molecule has 0 spiro atoms. The van der Waals surface area contributed by atoms with Crippen molar-refractivity contribution in [2.75, 3.05) is 35.3 Å². The Labute approximate surface area is 132 Å². The molecule has 0 atom stereocenters. The van der Waals surface area contributed by atoms with Crippen LogP contribution in [0.5, 0.6) is 5.75 Å². The molecule has 0 radical (unpaired) electrons. The molecule has 0 aliphatic rings. The lowest BCUT2D eigenvalue weighted by molar-refractivity contribution is -2.00. The van der Waals surface area contributed by atoms with Crippen molar-refractivity contribution in [1.29, 1.82) is 0 Å². The van der Waals surface area contributed by atoms with E-state index in [0.717, 1.165) is 5.75 Å². The minimum absolute atomic E-state index is 0.878. The van der Waals surface area contributed by atoms with Gasteiger partial charge < -0.3 is 9.64 Å². The minimum Gasteiger partial charge on any atom is -0.497 e. The van der Waals surface area contributed by atoms with Crippen molar-refractivity contribution in [3.05, 3.63) is 35.9 Å². The number of benzene rings is 1. The quantitative estimate of drug-likeness (QED) is 0.435. The van der Waals surface area contributed by atoms with Crippen LogP contribution in [0.3, 0.4) is 0 Å². The van der Waals surface area contributed by atoms with Crippen molar-refractivity contribution in [3.8, 4) is 5.75 Å². The zero-order valence-corrected chi connectivity index (χ0v) is 14.0. The summed E-state index contributed by atoms with van der Waals surface area (Å²) in [5.74, 6) is 0.878. The molecular weight excluding hydrogens is 312 g/mol. The second kappa shape index (κ2) is 9.39. The van der Waals surface area contributed by atoms with Gasteiger partial charge in [0.1, 0.15) is 19.8 Å². The van der Waals surface area contributed by atoms with Crippen molar-refractivity contribution in [3.63, 3.8) is 0 Å². The van der Waals surface area contributed by atoms with Gasteiger partial charge in [-0.15, -0.1) is 10.2 Å². The number of hydrogen-bond donors (Lipinski definition) is 0. The average molecular weight is 333 g/mol. The molecule has 8 heteroatoms. The molecule has 1 aromatic carbocycles. The maximum Gasteiger partial charge on any atom is 0.164 e. The fourth-order valence-electron chi connectivity index (χ4n) is 1.48. The van der Waals surface area contributed by atoms with E-state index in [-0.39, 0.29) is 0 Å². The van der Waals surface area contributed by atoms with Crippen LogP contribution in [0.1, 0.15) is 5.56 Å². The third-order valence-corrected chi connectivity index (χ3v) is 2.40. The van der Waals surface area contributed by atoms with Crippen LogP contribution < -0.4 is 23.4 Å². The maximum atomic E-state index is 8.49. The smallest absolute Gasteiger partial charge is 0.164 e. The Morgan fingerprint density at radius 3 is 1.86 bits per heavy atom. The van der Waals surface area contributed by atoms with Crippen LogP contribution in [0.15, 0.2) is 30.3 Å². The molecule has 124 valence electrons. The van der Waals surface area contributed by atoms with Gasteiger partial charge in [0, 0.05) is 25.9 Å². The lowest BCUT2D eigenvalue weighted by Crippen LogP contribution is -2.68. The zero-order valence-electron chi connectivity index (χ0n) is 13.3. The molecule has 0 aliphatic heterocycles. The van der Waals surface area contributed by atoms with Crippen LogP contribution in [-0.4, -0.2) is 51.0 Å². The summed E-state index contributed by atoms with van der Waals surface area (Å²) in [4.78, 5) is 2.10. The molecule has 7 nitrogen and oxygen atoms in total. The lowest BCUT2D eigenvalue weighted by atomic mass is 10.1. The molecule has 0 amide bonds. The van der Waals surface area contributed by atoms with Gasteiger partial charge in [0.2, 0.25) is 0 Å². The largest absolute Gasteiger partial charge is 0.497 e. The van der Waals surface area contributed by atoms with E-state index in [4.69, 9.17) is 23.4 Å². The molecule has 0 aromatic heterocycles. The van der Waals surface area contributed by atoms with Gasteiger partial charge in [-0.3, -0.25) is 0 Å². The first-order valence-electron chi connectivity index (χ1n) is 6.19. The van der Waals surface area contributed by atoms with Crippen LogP contribution in [0, 0.1) is 10.2 Å². The van der Waals surface area contributed by atoms with E-state index in [9.17, 15) is 0 Å². The zero-order chi connectivity index (χ0) is 17.3. The van der Waals surface area contributed by atoms with Crippen LogP contribution in [-0.2, 0) is 0 Å². The number of halogens is 1. The summed E-state index contributed by atoms with van der Waals surface area (Å²) in [6, 6.07) is 8.08. The van der Waals surface area contributed by atoms with Crippen molar-refractivity contribution >= 4 is 11.9 Å². The Morgan fingerprint density at radius 1 is 1.09 bits per heavy atom. The molecule has 22 heavy (non-hydrogen) atoms. The summed E-state index contributed by atoms with van der Waals surface area (Å²) in [6.07, 6.45) is 4.14. The third kappa shape index (κ3) is 10.1. The number of hydrogen-bond acceptors (Lipinski definition) is 6. The summed E-state index contributed by atoms with van der Waals surface area (Å²) < 4.78 is 41.2. The Balaban J connectivity index is 0.000000763. The van der Waals surface area contributed by atoms with E-state index in [0.29, 0.717) is 0 Å². The van der Waals surface area contributed by atoms with Gasteiger partial charge in [-0.05, 0) is 29.8 Å². The van der Waals surface area contributed by atoms with Gasteiger partial charge in [0.05, 0.1) is 7.11 Å². The number of ether oxygens (including phenoxy) is 1. The monoisotopic (exact) mass is 332 g/mol. The topological polar surface area (TPSA) is 108 Å². The van der Waals surface area contributed by atoms with Crippen LogP contribution in [0.4, 0.5) is 0 Å².